The van der Waals surface area contributed by atoms with Crippen LogP contribution in [0, 0.1) is 17.0 Å². The number of hydrogen-bond donors (Lipinski definition) is 0. The SMILES string of the molecule is COCCN(CCOC)c1nc(C)nc(Cl)c1[N+](=O)[O-]. The number of nitrogens with zero attached hydrogens (tertiary/aromatic N) is 4. The summed E-state index contributed by atoms with van der Waals surface area (Å²) in [5.74, 6) is 0.553. The predicted octanol–water partition coefficient (Wildman–Crippen LogP) is 1.45. The third kappa shape index (κ3) is 4.26. The first-order chi connectivity index (χ1) is 9.51. The quantitative estimate of drug-likeness (QED) is 0.408. The Bertz CT molecular complexity index is 464. The van der Waals surface area contributed by atoms with E-state index in [4.69, 9.17) is 21.1 Å². The minimum absolute atomic E-state index is 0.169. The highest BCUT2D eigenvalue weighted by Gasteiger charge is 2.26. The molecule has 0 amide bonds. The van der Waals surface area contributed by atoms with Gasteiger partial charge in [-0.25, -0.2) is 9.97 Å². The summed E-state index contributed by atoms with van der Waals surface area (Å²) in [4.78, 5) is 20.2. The maximum Gasteiger partial charge on any atom is 0.348 e. The first-order valence-corrected chi connectivity index (χ1v) is 6.30. The van der Waals surface area contributed by atoms with Gasteiger partial charge in [0, 0.05) is 27.3 Å². The molecule has 0 aromatic carbocycles. The first kappa shape index (κ1) is 16.5. The molecule has 0 spiro atoms. The molecule has 0 unspecified atom stereocenters. The average Bonchev–Trinajstić information content (AvgIpc) is 2.37. The maximum atomic E-state index is 11.2. The molecule has 0 aliphatic rings. The van der Waals surface area contributed by atoms with Crippen molar-refractivity contribution in [3.63, 3.8) is 0 Å². The van der Waals surface area contributed by atoms with Crippen molar-refractivity contribution in [3.8, 4) is 0 Å². The summed E-state index contributed by atoms with van der Waals surface area (Å²) < 4.78 is 10.0. The van der Waals surface area contributed by atoms with E-state index in [9.17, 15) is 10.1 Å². The van der Waals surface area contributed by atoms with Crippen molar-refractivity contribution in [3.05, 3.63) is 21.1 Å². The van der Waals surface area contributed by atoms with Crippen LogP contribution in [0.1, 0.15) is 5.82 Å². The van der Waals surface area contributed by atoms with Crippen molar-refractivity contribution in [2.45, 2.75) is 6.92 Å². The zero-order valence-corrected chi connectivity index (χ0v) is 12.4. The number of anilines is 1. The van der Waals surface area contributed by atoms with Gasteiger partial charge in [0.05, 0.1) is 18.1 Å². The topological polar surface area (TPSA) is 90.6 Å². The molecule has 0 saturated heterocycles. The van der Waals surface area contributed by atoms with Gasteiger partial charge in [-0.05, 0) is 6.92 Å². The Labute approximate surface area is 121 Å². The van der Waals surface area contributed by atoms with Crippen molar-refractivity contribution < 1.29 is 14.4 Å². The largest absolute Gasteiger partial charge is 0.383 e. The van der Waals surface area contributed by atoms with Crippen LogP contribution in [0.3, 0.4) is 0 Å². The van der Waals surface area contributed by atoms with Crippen LogP contribution in [0.5, 0.6) is 0 Å². The summed E-state index contributed by atoms with van der Waals surface area (Å²) in [5.41, 5.74) is -0.301. The molecule has 1 heterocycles. The molecular formula is C11H17ClN4O4. The molecule has 0 atom stereocenters. The zero-order chi connectivity index (χ0) is 15.1. The number of ether oxygens (including phenoxy) is 2. The van der Waals surface area contributed by atoms with Crippen molar-refractivity contribution in [2.24, 2.45) is 0 Å². The van der Waals surface area contributed by atoms with Gasteiger partial charge in [0.1, 0.15) is 5.82 Å². The van der Waals surface area contributed by atoms with E-state index in [2.05, 4.69) is 9.97 Å². The predicted molar refractivity (Wildman–Crippen MR) is 74.4 cm³/mol. The lowest BCUT2D eigenvalue weighted by Gasteiger charge is -2.23. The summed E-state index contributed by atoms with van der Waals surface area (Å²) in [5, 5.41) is 11.0. The summed E-state index contributed by atoms with van der Waals surface area (Å²) in [6, 6.07) is 0. The third-order valence-corrected chi connectivity index (χ3v) is 2.81. The van der Waals surface area contributed by atoms with Gasteiger partial charge in [0.25, 0.3) is 0 Å². The van der Waals surface area contributed by atoms with Crippen LogP contribution in [0.4, 0.5) is 11.5 Å². The smallest absolute Gasteiger partial charge is 0.348 e. The maximum absolute atomic E-state index is 11.2. The second kappa shape index (κ2) is 7.93. The van der Waals surface area contributed by atoms with E-state index < -0.39 is 4.92 Å². The summed E-state index contributed by atoms with van der Waals surface area (Å²) in [6.07, 6.45) is 0. The molecule has 0 fully saturated rings. The van der Waals surface area contributed by atoms with Crippen molar-refractivity contribution in [2.75, 3.05) is 45.4 Å². The molecule has 8 nitrogen and oxygen atoms in total. The Balaban J connectivity index is 3.18. The molecule has 1 aromatic rings. The van der Waals surface area contributed by atoms with Gasteiger partial charge in [-0.3, -0.25) is 10.1 Å². The summed E-state index contributed by atoms with van der Waals surface area (Å²) >= 11 is 5.86. The molecule has 0 aliphatic heterocycles. The van der Waals surface area contributed by atoms with E-state index in [1.165, 1.54) is 0 Å². The van der Waals surface area contributed by atoms with E-state index in [1.807, 2.05) is 0 Å². The van der Waals surface area contributed by atoms with E-state index in [0.717, 1.165) is 0 Å². The van der Waals surface area contributed by atoms with Gasteiger partial charge < -0.3 is 14.4 Å². The number of hydrogen-bond acceptors (Lipinski definition) is 7. The lowest BCUT2D eigenvalue weighted by atomic mass is 10.4. The normalized spacial score (nSPS) is 10.6. The fourth-order valence-corrected chi connectivity index (χ4v) is 1.90. The molecule has 1 rings (SSSR count). The van der Waals surface area contributed by atoms with Crippen molar-refractivity contribution in [1.29, 1.82) is 0 Å². The monoisotopic (exact) mass is 304 g/mol. The van der Waals surface area contributed by atoms with Gasteiger partial charge in [-0.15, -0.1) is 0 Å². The second-order valence-corrected chi connectivity index (χ2v) is 4.32. The molecule has 1 aromatic heterocycles. The van der Waals surface area contributed by atoms with Crippen LogP contribution in [-0.2, 0) is 9.47 Å². The molecular weight excluding hydrogens is 288 g/mol. The lowest BCUT2D eigenvalue weighted by molar-refractivity contribution is -0.384. The highest BCUT2D eigenvalue weighted by Crippen LogP contribution is 2.32. The number of rotatable bonds is 8. The molecule has 0 saturated carbocycles. The Morgan fingerprint density at radius 1 is 1.25 bits per heavy atom. The molecule has 0 radical (unpaired) electrons. The minimum atomic E-state index is -0.580. The highest BCUT2D eigenvalue weighted by atomic mass is 35.5. The average molecular weight is 305 g/mol. The standard InChI is InChI=1S/C11H17ClN4O4/c1-8-13-10(12)9(16(17)18)11(14-8)15(4-6-19-2)5-7-20-3/h4-7H2,1-3H3. The fourth-order valence-electron chi connectivity index (χ4n) is 1.62. The fraction of sp³-hybridized carbons (Fsp3) is 0.636. The van der Waals surface area contributed by atoms with Crippen LogP contribution in [0.2, 0.25) is 5.15 Å². The van der Waals surface area contributed by atoms with E-state index in [1.54, 1.807) is 26.0 Å². The molecule has 9 heteroatoms. The molecule has 20 heavy (non-hydrogen) atoms. The highest BCUT2D eigenvalue weighted by molar-refractivity contribution is 6.31. The molecule has 112 valence electrons. The third-order valence-electron chi connectivity index (χ3n) is 2.55. The Morgan fingerprint density at radius 3 is 2.25 bits per heavy atom. The van der Waals surface area contributed by atoms with E-state index in [-0.39, 0.29) is 16.7 Å². The van der Waals surface area contributed by atoms with Crippen molar-refractivity contribution >= 4 is 23.1 Å². The van der Waals surface area contributed by atoms with Gasteiger partial charge in [-0.2, -0.15) is 0 Å². The van der Waals surface area contributed by atoms with E-state index in [0.29, 0.717) is 32.1 Å². The van der Waals surface area contributed by atoms with Gasteiger partial charge in [0.15, 0.2) is 0 Å². The van der Waals surface area contributed by atoms with Crippen molar-refractivity contribution in [1.82, 2.24) is 9.97 Å². The summed E-state index contributed by atoms with van der Waals surface area (Å²) in [7, 11) is 3.11. The number of methoxy groups -OCH3 is 2. The van der Waals surface area contributed by atoms with Gasteiger partial charge >= 0.3 is 5.69 Å². The molecule has 0 bridgehead atoms. The Hall–Kier alpha value is -1.51. The second-order valence-electron chi connectivity index (χ2n) is 3.96. The van der Waals surface area contributed by atoms with Crippen LogP contribution in [0.25, 0.3) is 0 Å². The Kier molecular flexibility index (Phi) is 6.56. The number of nitro groups is 1. The van der Waals surface area contributed by atoms with Crippen LogP contribution >= 0.6 is 11.6 Å². The van der Waals surface area contributed by atoms with Gasteiger partial charge in [-0.1, -0.05) is 11.6 Å². The van der Waals surface area contributed by atoms with E-state index >= 15 is 0 Å². The molecule has 0 N–H and O–H groups in total. The Morgan fingerprint density at radius 2 is 1.80 bits per heavy atom. The number of aryl methyl sites for hydroxylation is 1. The molecule has 0 aliphatic carbocycles. The zero-order valence-electron chi connectivity index (χ0n) is 11.6. The number of aromatic nitrogens is 2. The number of halogens is 1. The minimum Gasteiger partial charge on any atom is -0.383 e. The van der Waals surface area contributed by atoms with Crippen LogP contribution < -0.4 is 4.90 Å². The first-order valence-electron chi connectivity index (χ1n) is 5.92. The summed E-state index contributed by atoms with van der Waals surface area (Å²) in [6.45, 7) is 3.31. The lowest BCUT2D eigenvalue weighted by Crippen LogP contribution is -2.32. The van der Waals surface area contributed by atoms with Crippen LogP contribution in [0.15, 0.2) is 0 Å². The van der Waals surface area contributed by atoms with Crippen LogP contribution in [-0.4, -0.2) is 55.4 Å². The van der Waals surface area contributed by atoms with Gasteiger partial charge in [0.2, 0.25) is 11.0 Å².